The third-order valence-corrected chi connectivity index (χ3v) is 4.00. The number of benzene rings is 1. The van der Waals surface area contributed by atoms with Crippen LogP contribution in [0.2, 0.25) is 0 Å². The molecule has 0 bridgehead atoms. The molecule has 1 amide bonds. The average molecular weight is 339 g/mol. The highest BCUT2D eigenvalue weighted by Gasteiger charge is 2.45. The first kappa shape index (κ1) is 18.2. The SMILES string of the molecule is CC(C)OCC(=O)N1CCC(Oc2ccccc2F)(C(=O)O)CC1. The van der Waals surface area contributed by atoms with Crippen molar-refractivity contribution < 1.29 is 28.6 Å². The maximum Gasteiger partial charge on any atom is 0.348 e. The molecule has 6 nitrogen and oxygen atoms in total. The minimum atomic E-state index is -1.53. The molecule has 1 aromatic carbocycles. The van der Waals surface area contributed by atoms with Gasteiger partial charge in [-0.25, -0.2) is 9.18 Å². The third kappa shape index (κ3) is 4.23. The number of hydrogen-bond acceptors (Lipinski definition) is 4. The lowest BCUT2D eigenvalue weighted by molar-refractivity contribution is -0.162. The molecule has 0 saturated carbocycles. The molecule has 1 aliphatic rings. The Kier molecular flexibility index (Phi) is 5.77. The van der Waals surface area contributed by atoms with Crippen molar-refractivity contribution >= 4 is 11.9 Å². The van der Waals surface area contributed by atoms with Gasteiger partial charge in [0.05, 0.1) is 6.10 Å². The molecule has 0 aliphatic carbocycles. The molecule has 1 N–H and O–H groups in total. The van der Waals surface area contributed by atoms with Gasteiger partial charge in [0.2, 0.25) is 11.5 Å². The second kappa shape index (κ2) is 7.61. The van der Waals surface area contributed by atoms with Crippen LogP contribution in [0, 0.1) is 5.82 Å². The predicted molar refractivity (Wildman–Crippen MR) is 84.3 cm³/mol. The number of carbonyl (C=O) groups excluding carboxylic acids is 1. The molecule has 1 heterocycles. The van der Waals surface area contributed by atoms with E-state index in [1.807, 2.05) is 13.8 Å². The van der Waals surface area contributed by atoms with Crippen LogP contribution in [-0.4, -0.2) is 53.3 Å². The van der Waals surface area contributed by atoms with Crippen molar-refractivity contribution in [3.8, 4) is 5.75 Å². The zero-order valence-corrected chi connectivity index (χ0v) is 13.8. The normalized spacial score (nSPS) is 16.9. The zero-order valence-electron chi connectivity index (χ0n) is 13.8. The molecule has 0 unspecified atom stereocenters. The number of carboxylic acids is 1. The van der Waals surface area contributed by atoms with Gasteiger partial charge >= 0.3 is 5.97 Å². The van der Waals surface area contributed by atoms with Gasteiger partial charge in [0.25, 0.3) is 0 Å². The number of piperidine rings is 1. The highest BCUT2D eigenvalue weighted by molar-refractivity contribution is 5.80. The van der Waals surface area contributed by atoms with Gasteiger partial charge in [0.15, 0.2) is 11.6 Å². The van der Waals surface area contributed by atoms with Crippen molar-refractivity contribution in [3.63, 3.8) is 0 Å². The standard InChI is InChI=1S/C17H22FNO5/c1-12(2)23-11-15(20)19-9-7-17(8-10-19,16(21)22)24-14-6-4-3-5-13(14)18/h3-6,12H,7-11H2,1-2H3,(H,21,22). The molecule has 0 spiro atoms. The van der Waals surface area contributed by atoms with E-state index >= 15 is 0 Å². The molecule has 24 heavy (non-hydrogen) atoms. The number of para-hydroxylation sites is 1. The number of amides is 1. The van der Waals surface area contributed by atoms with Crippen LogP contribution in [0.3, 0.4) is 0 Å². The lowest BCUT2D eigenvalue weighted by Crippen LogP contribution is -2.55. The highest BCUT2D eigenvalue weighted by Crippen LogP contribution is 2.30. The summed E-state index contributed by atoms with van der Waals surface area (Å²) in [6.45, 7) is 4.08. The topological polar surface area (TPSA) is 76.1 Å². The van der Waals surface area contributed by atoms with Crippen molar-refractivity contribution in [1.82, 2.24) is 4.90 Å². The summed E-state index contributed by atoms with van der Waals surface area (Å²) in [4.78, 5) is 25.3. The number of halogens is 1. The van der Waals surface area contributed by atoms with E-state index in [0.717, 1.165) is 0 Å². The minimum absolute atomic E-state index is 0.0358. The van der Waals surface area contributed by atoms with Gasteiger partial charge < -0.3 is 19.5 Å². The summed E-state index contributed by atoms with van der Waals surface area (Å²) in [6.07, 6.45) is 0.120. The van der Waals surface area contributed by atoms with Crippen molar-refractivity contribution in [2.24, 2.45) is 0 Å². The van der Waals surface area contributed by atoms with E-state index in [4.69, 9.17) is 9.47 Å². The molecular weight excluding hydrogens is 317 g/mol. The molecule has 0 atom stereocenters. The number of rotatable bonds is 6. The van der Waals surface area contributed by atoms with Crippen LogP contribution in [0.1, 0.15) is 26.7 Å². The van der Waals surface area contributed by atoms with Gasteiger partial charge in [-0.1, -0.05) is 12.1 Å². The first-order valence-electron chi connectivity index (χ1n) is 7.90. The smallest absolute Gasteiger partial charge is 0.348 e. The Morgan fingerprint density at radius 3 is 2.46 bits per heavy atom. The van der Waals surface area contributed by atoms with Crippen LogP contribution in [0.15, 0.2) is 24.3 Å². The van der Waals surface area contributed by atoms with E-state index in [-0.39, 0.29) is 50.3 Å². The molecule has 1 aliphatic heterocycles. The first-order valence-corrected chi connectivity index (χ1v) is 7.90. The summed E-state index contributed by atoms with van der Waals surface area (Å²) in [7, 11) is 0. The van der Waals surface area contributed by atoms with Crippen molar-refractivity contribution in [1.29, 1.82) is 0 Å². The Balaban J connectivity index is 2.03. The molecule has 2 rings (SSSR count). The van der Waals surface area contributed by atoms with Crippen LogP contribution < -0.4 is 4.74 Å². The maximum atomic E-state index is 13.8. The van der Waals surface area contributed by atoms with Gasteiger partial charge in [-0.2, -0.15) is 0 Å². The van der Waals surface area contributed by atoms with Crippen LogP contribution in [0.5, 0.6) is 5.75 Å². The Morgan fingerprint density at radius 2 is 1.92 bits per heavy atom. The number of nitrogens with zero attached hydrogens (tertiary/aromatic N) is 1. The molecule has 1 fully saturated rings. The lowest BCUT2D eigenvalue weighted by Gasteiger charge is -2.38. The van der Waals surface area contributed by atoms with Crippen LogP contribution in [-0.2, 0) is 14.3 Å². The summed E-state index contributed by atoms with van der Waals surface area (Å²) in [5, 5.41) is 9.57. The summed E-state index contributed by atoms with van der Waals surface area (Å²) >= 11 is 0. The van der Waals surface area contributed by atoms with E-state index in [0.29, 0.717) is 0 Å². The maximum absolute atomic E-state index is 13.8. The summed E-state index contributed by atoms with van der Waals surface area (Å²) in [6, 6.07) is 5.70. The summed E-state index contributed by atoms with van der Waals surface area (Å²) < 4.78 is 24.6. The van der Waals surface area contributed by atoms with Gasteiger partial charge in [0, 0.05) is 25.9 Å². The highest BCUT2D eigenvalue weighted by atomic mass is 19.1. The second-order valence-corrected chi connectivity index (χ2v) is 6.07. The van der Waals surface area contributed by atoms with E-state index < -0.39 is 17.4 Å². The van der Waals surface area contributed by atoms with Crippen LogP contribution in [0.25, 0.3) is 0 Å². The molecule has 7 heteroatoms. The van der Waals surface area contributed by atoms with Gasteiger partial charge in [-0.05, 0) is 26.0 Å². The number of aliphatic carboxylic acids is 1. The fourth-order valence-electron chi connectivity index (χ4n) is 2.54. The average Bonchev–Trinajstić information content (AvgIpc) is 2.55. The van der Waals surface area contributed by atoms with Crippen molar-refractivity contribution in [2.45, 2.75) is 38.4 Å². The molecule has 1 aromatic rings. The zero-order chi connectivity index (χ0) is 17.7. The Labute approximate surface area is 140 Å². The van der Waals surface area contributed by atoms with Crippen molar-refractivity contribution in [3.05, 3.63) is 30.1 Å². The third-order valence-electron chi connectivity index (χ3n) is 4.00. The largest absolute Gasteiger partial charge is 0.478 e. The monoisotopic (exact) mass is 339 g/mol. The number of ether oxygens (including phenoxy) is 2. The lowest BCUT2D eigenvalue weighted by atomic mass is 9.91. The molecule has 1 saturated heterocycles. The Morgan fingerprint density at radius 1 is 1.29 bits per heavy atom. The van der Waals surface area contributed by atoms with Crippen LogP contribution >= 0.6 is 0 Å². The summed E-state index contributed by atoms with van der Waals surface area (Å²) in [5.41, 5.74) is -1.53. The molecule has 132 valence electrons. The Bertz CT molecular complexity index is 596. The van der Waals surface area contributed by atoms with E-state index in [1.54, 1.807) is 11.0 Å². The fraction of sp³-hybridized carbons (Fsp3) is 0.529. The summed E-state index contributed by atoms with van der Waals surface area (Å²) in [5.74, 6) is -2.05. The second-order valence-electron chi connectivity index (χ2n) is 6.07. The van der Waals surface area contributed by atoms with E-state index in [1.165, 1.54) is 18.2 Å². The number of carboxylic acid groups (broad SMARTS) is 1. The van der Waals surface area contributed by atoms with Gasteiger partial charge in [0.1, 0.15) is 6.61 Å². The molecule has 0 radical (unpaired) electrons. The fourth-order valence-corrected chi connectivity index (χ4v) is 2.54. The number of carbonyl (C=O) groups is 2. The Hall–Kier alpha value is -2.15. The number of likely N-dealkylation sites (tertiary alicyclic amines) is 1. The van der Waals surface area contributed by atoms with Crippen LogP contribution in [0.4, 0.5) is 4.39 Å². The predicted octanol–water partition coefficient (Wildman–Crippen LogP) is 2.08. The molecular formula is C17H22FNO5. The number of hydrogen-bond donors (Lipinski definition) is 1. The van der Waals surface area contributed by atoms with Crippen molar-refractivity contribution in [2.75, 3.05) is 19.7 Å². The first-order chi connectivity index (χ1) is 11.3. The van der Waals surface area contributed by atoms with Gasteiger partial charge in [-0.3, -0.25) is 4.79 Å². The quantitative estimate of drug-likeness (QED) is 0.859. The minimum Gasteiger partial charge on any atom is -0.478 e. The molecule has 0 aromatic heterocycles. The van der Waals surface area contributed by atoms with E-state index in [2.05, 4.69) is 0 Å². The van der Waals surface area contributed by atoms with E-state index in [9.17, 15) is 19.1 Å². The van der Waals surface area contributed by atoms with Gasteiger partial charge in [-0.15, -0.1) is 0 Å².